The van der Waals surface area contributed by atoms with Crippen LogP contribution in [0.4, 0.5) is 0 Å². The number of esters is 2. The molecule has 130 valence electrons. The van der Waals surface area contributed by atoms with Gasteiger partial charge in [-0.05, 0) is 24.6 Å². The summed E-state index contributed by atoms with van der Waals surface area (Å²) in [6.07, 6.45) is 0. The van der Waals surface area contributed by atoms with E-state index in [1.807, 2.05) is 61.5 Å². The Balaban J connectivity index is 2.12. The zero-order chi connectivity index (χ0) is 18.7. The van der Waals surface area contributed by atoms with Gasteiger partial charge < -0.3 is 9.47 Å². The van der Waals surface area contributed by atoms with Crippen molar-refractivity contribution in [2.45, 2.75) is 6.92 Å². The van der Waals surface area contributed by atoms with E-state index in [9.17, 15) is 9.59 Å². The highest BCUT2D eigenvalue weighted by Gasteiger charge is 2.67. The Bertz CT molecular complexity index is 925. The molecule has 4 nitrogen and oxygen atoms in total. The molecule has 0 heterocycles. The highest BCUT2D eigenvalue weighted by atomic mass is 16.5. The number of carbonyl (C=O) groups is 2. The summed E-state index contributed by atoms with van der Waals surface area (Å²) in [7, 11) is 2.50. The van der Waals surface area contributed by atoms with Gasteiger partial charge in [0.1, 0.15) is 0 Å². The van der Waals surface area contributed by atoms with Crippen LogP contribution in [0.5, 0.6) is 0 Å². The first-order valence-electron chi connectivity index (χ1n) is 8.12. The first-order chi connectivity index (χ1) is 12.6. The minimum atomic E-state index is -1.58. The Morgan fingerprint density at radius 1 is 0.846 bits per heavy atom. The summed E-state index contributed by atoms with van der Waals surface area (Å²) in [5.74, 6) is 4.63. The molecule has 2 aromatic carbocycles. The van der Waals surface area contributed by atoms with Crippen molar-refractivity contribution in [1.29, 1.82) is 0 Å². The van der Waals surface area contributed by atoms with E-state index >= 15 is 0 Å². The SMILES string of the molecule is COC(=O)C1(C(=O)OC)C(C#Cc2ccccc2)=C1c1ccc(C)cc1. The molecule has 0 aromatic heterocycles. The number of carbonyl (C=O) groups excluding carboxylic acids is 2. The topological polar surface area (TPSA) is 52.6 Å². The first-order valence-corrected chi connectivity index (χ1v) is 8.12. The fourth-order valence-corrected chi connectivity index (χ4v) is 2.97. The lowest BCUT2D eigenvalue weighted by Crippen LogP contribution is -2.32. The van der Waals surface area contributed by atoms with Gasteiger partial charge in [0.15, 0.2) is 0 Å². The Hall–Kier alpha value is -3.32. The molecule has 0 bridgehead atoms. The van der Waals surface area contributed by atoms with Crippen molar-refractivity contribution >= 4 is 17.5 Å². The zero-order valence-corrected chi connectivity index (χ0v) is 14.8. The summed E-state index contributed by atoms with van der Waals surface area (Å²) in [4.78, 5) is 25.1. The van der Waals surface area contributed by atoms with Crippen LogP contribution in [0.15, 0.2) is 60.2 Å². The third-order valence-electron chi connectivity index (χ3n) is 4.37. The number of aryl methyl sites for hydroxylation is 1. The number of hydrogen-bond donors (Lipinski definition) is 0. The van der Waals surface area contributed by atoms with E-state index in [1.165, 1.54) is 14.2 Å². The van der Waals surface area contributed by atoms with Gasteiger partial charge in [0.05, 0.1) is 14.2 Å². The summed E-state index contributed by atoms with van der Waals surface area (Å²) in [5.41, 5.74) is 2.00. The highest BCUT2D eigenvalue weighted by molar-refractivity contribution is 6.27. The van der Waals surface area contributed by atoms with Crippen LogP contribution in [0.3, 0.4) is 0 Å². The van der Waals surface area contributed by atoms with E-state index in [4.69, 9.17) is 9.47 Å². The molecule has 1 aliphatic rings. The van der Waals surface area contributed by atoms with Crippen molar-refractivity contribution in [2.75, 3.05) is 14.2 Å². The van der Waals surface area contributed by atoms with Crippen LogP contribution in [0.25, 0.3) is 5.57 Å². The second-order valence-electron chi connectivity index (χ2n) is 5.97. The van der Waals surface area contributed by atoms with Gasteiger partial charge in [-0.2, -0.15) is 0 Å². The van der Waals surface area contributed by atoms with Crippen molar-refractivity contribution in [3.05, 3.63) is 76.9 Å². The van der Waals surface area contributed by atoms with Crippen molar-refractivity contribution in [3.8, 4) is 11.8 Å². The average Bonchev–Trinajstić information content (AvgIpc) is 3.36. The fraction of sp³-hybridized carbons (Fsp3) is 0.182. The minimum absolute atomic E-state index is 0.420. The van der Waals surface area contributed by atoms with Crippen LogP contribution < -0.4 is 0 Å². The van der Waals surface area contributed by atoms with E-state index < -0.39 is 17.4 Å². The molecule has 4 heteroatoms. The number of methoxy groups -OCH3 is 2. The Labute approximate surface area is 152 Å². The van der Waals surface area contributed by atoms with E-state index in [0.29, 0.717) is 11.1 Å². The van der Waals surface area contributed by atoms with E-state index in [1.54, 1.807) is 0 Å². The molecular formula is C22H18O4. The van der Waals surface area contributed by atoms with Gasteiger partial charge in [0.2, 0.25) is 5.41 Å². The number of ether oxygens (including phenoxy) is 2. The zero-order valence-electron chi connectivity index (χ0n) is 14.8. The third-order valence-corrected chi connectivity index (χ3v) is 4.37. The van der Waals surface area contributed by atoms with Crippen LogP contribution in [-0.4, -0.2) is 26.2 Å². The summed E-state index contributed by atoms with van der Waals surface area (Å²) < 4.78 is 9.82. The Morgan fingerprint density at radius 3 is 1.96 bits per heavy atom. The monoisotopic (exact) mass is 346 g/mol. The molecule has 0 aliphatic heterocycles. The molecule has 0 saturated carbocycles. The van der Waals surface area contributed by atoms with Gasteiger partial charge in [-0.1, -0.05) is 59.9 Å². The van der Waals surface area contributed by atoms with Crippen molar-refractivity contribution < 1.29 is 19.1 Å². The molecule has 0 fully saturated rings. The standard InChI is InChI=1S/C22H18O4/c1-15-9-12-17(13-10-15)19-18(14-11-16-7-5-4-6-8-16)22(19,20(23)25-2)21(24)26-3/h4-10,12-13H,1-3H3. The van der Waals surface area contributed by atoms with Crippen LogP contribution in [0.2, 0.25) is 0 Å². The molecule has 0 saturated heterocycles. The van der Waals surface area contributed by atoms with Crippen molar-refractivity contribution in [2.24, 2.45) is 5.41 Å². The molecule has 0 atom stereocenters. The molecule has 0 unspecified atom stereocenters. The minimum Gasteiger partial charge on any atom is -0.468 e. The van der Waals surface area contributed by atoms with Gasteiger partial charge in [-0.25, -0.2) is 0 Å². The second kappa shape index (κ2) is 6.89. The number of rotatable bonds is 3. The molecule has 0 N–H and O–H groups in total. The maximum absolute atomic E-state index is 12.5. The van der Waals surface area contributed by atoms with Crippen LogP contribution in [-0.2, 0) is 19.1 Å². The van der Waals surface area contributed by atoms with Crippen LogP contribution in [0.1, 0.15) is 16.7 Å². The molecular weight excluding hydrogens is 328 g/mol. The normalized spacial score (nSPS) is 14.1. The van der Waals surface area contributed by atoms with E-state index in [-0.39, 0.29) is 0 Å². The van der Waals surface area contributed by atoms with E-state index in [0.717, 1.165) is 16.7 Å². The first kappa shape index (κ1) is 17.5. The largest absolute Gasteiger partial charge is 0.468 e. The lowest BCUT2D eigenvalue weighted by molar-refractivity contribution is -0.159. The van der Waals surface area contributed by atoms with E-state index in [2.05, 4.69) is 11.8 Å². The molecule has 1 aliphatic carbocycles. The fourth-order valence-electron chi connectivity index (χ4n) is 2.97. The maximum Gasteiger partial charge on any atom is 0.333 e. The predicted molar refractivity (Wildman–Crippen MR) is 97.9 cm³/mol. The van der Waals surface area contributed by atoms with Crippen LogP contribution in [0, 0.1) is 24.2 Å². The summed E-state index contributed by atoms with van der Waals surface area (Å²) in [5, 5.41) is 0. The van der Waals surface area contributed by atoms with Crippen molar-refractivity contribution in [3.63, 3.8) is 0 Å². The smallest absolute Gasteiger partial charge is 0.333 e. The van der Waals surface area contributed by atoms with Gasteiger partial charge in [0, 0.05) is 16.7 Å². The summed E-state index contributed by atoms with van der Waals surface area (Å²) in [6.45, 7) is 1.97. The molecule has 0 radical (unpaired) electrons. The van der Waals surface area contributed by atoms with Crippen molar-refractivity contribution in [1.82, 2.24) is 0 Å². The molecule has 0 amide bonds. The molecule has 26 heavy (non-hydrogen) atoms. The highest BCUT2D eigenvalue weighted by Crippen LogP contribution is 2.59. The van der Waals surface area contributed by atoms with Crippen LogP contribution >= 0.6 is 0 Å². The summed E-state index contributed by atoms with van der Waals surface area (Å²) >= 11 is 0. The average molecular weight is 346 g/mol. The van der Waals surface area contributed by atoms with Gasteiger partial charge >= 0.3 is 11.9 Å². The number of hydrogen-bond acceptors (Lipinski definition) is 4. The lowest BCUT2D eigenvalue weighted by Gasteiger charge is -2.14. The number of benzene rings is 2. The Morgan fingerprint density at radius 2 is 1.42 bits per heavy atom. The van der Waals surface area contributed by atoms with Gasteiger partial charge in [0.25, 0.3) is 0 Å². The van der Waals surface area contributed by atoms with Gasteiger partial charge in [-0.3, -0.25) is 9.59 Å². The second-order valence-corrected chi connectivity index (χ2v) is 5.97. The maximum atomic E-state index is 12.5. The third kappa shape index (κ3) is 2.78. The molecule has 3 rings (SSSR count). The predicted octanol–water partition coefficient (Wildman–Crippen LogP) is 3.15. The lowest BCUT2D eigenvalue weighted by atomic mass is 9.94. The Kier molecular flexibility index (Phi) is 4.64. The molecule has 2 aromatic rings. The van der Waals surface area contributed by atoms with Gasteiger partial charge in [-0.15, -0.1) is 0 Å². The quantitative estimate of drug-likeness (QED) is 0.487. The molecule has 0 spiro atoms. The summed E-state index contributed by atoms with van der Waals surface area (Å²) in [6, 6.07) is 16.9.